The van der Waals surface area contributed by atoms with E-state index >= 15 is 0 Å². The molecule has 1 amide bonds. The molecule has 10 heteroatoms. The number of methoxy groups -OCH3 is 1. The van der Waals surface area contributed by atoms with Crippen molar-refractivity contribution in [1.29, 1.82) is 0 Å². The lowest BCUT2D eigenvalue weighted by Crippen LogP contribution is -2.20. The number of hydrogen-bond acceptors (Lipinski definition) is 6. The van der Waals surface area contributed by atoms with Gasteiger partial charge in [-0.2, -0.15) is 0 Å². The molecule has 3 aromatic carbocycles. The van der Waals surface area contributed by atoms with Gasteiger partial charge in [-0.05, 0) is 48.0 Å². The van der Waals surface area contributed by atoms with Crippen molar-refractivity contribution >= 4 is 46.6 Å². The zero-order valence-corrected chi connectivity index (χ0v) is 20.1. The topological polar surface area (TPSA) is 97.0 Å². The first-order valence-electron chi connectivity index (χ1n) is 10.0. The van der Waals surface area contributed by atoms with Crippen molar-refractivity contribution < 1.29 is 9.53 Å². The number of hydrogen-bond donors (Lipinski definition) is 2. The molecule has 0 fully saturated rings. The molecule has 4 rings (SSSR count). The van der Waals surface area contributed by atoms with Crippen LogP contribution in [-0.4, -0.2) is 28.2 Å². The van der Waals surface area contributed by atoms with E-state index in [0.29, 0.717) is 27.0 Å². The summed E-state index contributed by atoms with van der Waals surface area (Å²) in [5.41, 5.74) is 1.53. The standard InChI is InChI=1S/C24H18Cl2N4O3S/c1-33-19-9-7-14(8-10-19)20-22(31)28-24(30-29-20)34-21(15-5-3-2-4-6-15)23(32)27-18-12-16(25)11-17(26)13-18/h2-13,21H,1H3,(H,27,32)(H,28,30,31)/t21-/m1/s1. The Morgan fingerprint density at radius 2 is 1.68 bits per heavy atom. The number of benzene rings is 3. The number of carbonyl (C=O) groups excluding carboxylic acids is 1. The molecular formula is C24H18Cl2N4O3S. The number of nitrogens with zero attached hydrogens (tertiary/aromatic N) is 2. The van der Waals surface area contributed by atoms with Crippen LogP contribution < -0.4 is 15.6 Å². The molecule has 0 aliphatic carbocycles. The van der Waals surface area contributed by atoms with Crippen molar-refractivity contribution in [3.05, 3.63) is 98.8 Å². The third kappa shape index (κ3) is 5.77. The SMILES string of the molecule is COc1ccc(-c2nnc(S[C@@H](C(=O)Nc3cc(Cl)cc(Cl)c3)c3ccccc3)[nH]c2=O)cc1. The molecule has 4 aromatic rings. The molecule has 7 nitrogen and oxygen atoms in total. The first-order chi connectivity index (χ1) is 16.4. The van der Waals surface area contributed by atoms with Crippen molar-refractivity contribution in [3.8, 4) is 17.0 Å². The fraction of sp³-hybridized carbons (Fsp3) is 0.0833. The summed E-state index contributed by atoms with van der Waals surface area (Å²) >= 11 is 13.2. The van der Waals surface area contributed by atoms with Gasteiger partial charge in [0.1, 0.15) is 11.0 Å². The fourth-order valence-electron chi connectivity index (χ4n) is 3.16. The summed E-state index contributed by atoms with van der Waals surface area (Å²) in [6.45, 7) is 0. The van der Waals surface area contributed by atoms with Gasteiger partial charge in [-0.25, -0.2) is 0 Å². The van der Waals surface area contributed by atoms with Crippen LogP contribution in [0.4, 0.5) is 5.69 Å². The summed E-state index contributed by atoms with van der Waals surface area (Å²) in [6, 6.07) is 20.8. The first-order valence-corrected chi connectivity index (χ1v) is 11.7. The van der Waals surface area contributed by atoms with Gasteiger partial charge in [0.15, 0.2) is 10.9 Å². The molecular weight excluding hydrogens is 495 g/mol. The second kappa shape index (κ2) is 10.7. The number of aromatic nitrogens is 3. The highest BCUT2D eigenvalue weighted by molar-refractivity contribution is 8.00. The Labute approximate surface area is 209 Å². The van der Waals surface area contributed by atoms with Gasteiger partial charge >= 0.3 is 0 Å². The van der Waals surface area contributed by atoms with Gasteiger partial charge in [0.2, 0.25) is 5.91 Å². The third-order valence-electron chi connectivity index (χ3n) is 4.74. The minimum absolute atomic E-state index is 0.168. The lowest BCUT2D eigenvalue weighted by molar-refractivity contribution is -0.115. The molecule has 172 valence electrons. The quantitative estimate of drug-likeness (QED) is 0.312. The normalized spacial score (nSPS) is 11.6. The molecule has 0 spiro atoms. The van der Waals surface area contributed by atoms with E-state index < -0.39 is 10.8 Å². The Hall–Kier alpha value is -3.33. The van der Waals surface area contributed by atoms with Gasteiger partial charge in [-0.1, -0.05) is 65.3 Å². The van der Waals surface area contributed by atoms with Crippen LogP contribution in [0.15, 0.2) is 82.7 Å². The van der Waals surface area contributed by atoms with E-state index in [0.717, 1.165) is 17.3 Å². The molecule has 2 N–H and O–H groups in total. The highest BCUT2D eigenvalue weighted by atomic mass is 35.5. The largest absolute Gasteiger partial charge is 0.497 e. The molecule has 0 radical (unpaired) electrons. The predicted molar refractivity (Wildman–Crippen MR) is 135 cm³/mol. The summed E-state index contributed by atoms with van der Waals surface area (Å²) in [4.78, 5) is 28.6. The van der Waals surface area contributed by atoms with Gasteiger partial charge in [-0.15, -0.1) is 10.2 Å². The molecule has 0 aliphatic rings. The number of anilines is 1. The zero-order chi connectivity index (χ0) is 24.1. The lowest BCUT2D eigenvalue weighted by Gasteiger charge is -2.16. The van der Waals surface area contributed by atoms with Crippen LogP contribution in [0, 0.1) is 0 Å². The van der Waals surface area contributed by atoms with Gasteiger partial charge in [0.25, 0.3) is 5.56 Å². The van der Waals surface area contributed by atoms with E-state index in [9.17, 15) is 9.59 Å². The van der Waals surface area contributed by atoms with Crippen LogP contribution >= 0.6 is 35.0 Å². The van der Waals surface area contributed by atoms with Crippen LogP contribution in [0.2, 0.25) is 10.0 Å². The van der Waals surface area contributed by atoms with Crippen LogP contribution in [0.25, 0.3) is 11.3 Å². The minimum Gasteiger partial charge on any atom is -0.497 e. The second-order valence-electron chi connectivity index (χ2n) is 7.09. The number of amides is 1. The maximum Gasteiger partial charge on any atom is 0.278 e. The molecule has 0 aliphatic heterocycles. The number of halogens is 2. The van der Waals surface area contributed by atoms with Crippen molar-refractivity contribution in [3.63, 3.8) is 0 Å². The summed E-state index contributed by atoms with van der Waals surface area (Å²) in [7, 11) is 1.56. The van der Waals surface area contributed by atoms with Crippen molar-refractivity contribution in [2.75, 3.05) is 12.4 Å². The van der Waals surface area contributed by atoms with Gasteiger partial charge in [0, 0.05) is 21.3 Å². The summed E-state index contributed by atoms with van der Waals surface area (Å²) in [5.74, 6) is 0.328. The Bertz CT molecular complexity index is 1340. The molecule has 0 saturated heterocycles. The van der Waals surface area contributed by atoms with Crippen LogP contribution in [0.1, 0.15) is 10.8 Å². The molecule has 0 bridgehead atoms. The van der Waals surface area contributed by atoms with Crippen LogP contribution in [0.3, 0.4) is 0 Å². The Kier molecular flexibility index (Phi) is 7.52. The maximum atomic E-state index is 13.2. The number of H-pyrrole nitrogens is 1. The molecule has 34 heavy (non-hydrogen) atoms. The number of carbonyl (C=O) groups is 1. The van der Waals surface area contributed by atoms with Crippen LogP contribution in [-0.2, 0) is 4.79 Å². The predicted octanol–water partition coefficient (Wildman–Crippen LogP) is 5.62. The summed E-state index contributed by atoms with van der Waals surface area (Å²) in [5, 5.41) is 11.3. The van der Waals surface area contributed by atoms with Gasteiger partial charge in [-0.3, -0.25) is 14.6 Å². The minimum atomic E-state index is -0.726. The van der Waals surface area contributed by atoms with Crippen LogP contribution in [0.5, 0.6) is 5.75 Å². The van der Waals surface area contributed by atoms with Crippen molar-refractivity contribution in [2.45, 2.75) is 10.4 Å². The summed E-state index contributed by atoms with van der Waals surface area (Å²) < 4.78 is 5.14. The molecule has 1 heterocycles. The van der Waals surface area contributed by atoms with Crippen molar-refractivity contribution in [2.24, 2.45) is 0 Å². The van der Waals surface area contributed by atoms with E-state index in [1.165, 1.54) is 0 Å². The second-order valence-corrected chi connectivity index (χ2v) is 9.06. The van der Waals surface area contributed by atoms with Gasteiger partial charge in [0.05, 0.1) is 7.11 Å². The van der Waals surface area contributed by atoms with E-state index in [-0.39, 0.29) is 16.8 Å². The number of nitrogens with one attached hydrogen (secondary N) is 2. The molecule has 0 unspecified atom stereocenters. The van der Waals surface area contributed by atoms with Crippen molar-refractivity contribution in [1.82, 2.24) is 15.2 Å². The number of ether oxygens (including phenoxy) is 1. The summed E-state index contributed by atoms with van der Waals surface area (Å²) in [6.07, 6.45) is 0. The smallest absolute Gasteiger partial charge is 0.278 e. The lowest BCUT2D eigenvalue weighted by atomic mass is 10.1. The number of rotatable bonds is 7. The van der Waals surface area contributed by atoms with E-state index in [1.54, 1.807) is 49.6 Å². The first kappa shape index (κ1) is 23.8. The monoisotopic (exact) mass is 512 g/mol. The van der Waals surface area contributed by atoms with Gasteiger partial charge < -0.3 is 10.1 Å². The zero-order valence-electron chi connectivity index (χ0n) is 17.8. The van der Waals surface area contributed by atoms with E-state index in [2.05, 4.69) is 20.5 Å². The molecule has 1 atom stereocenters. The number of thioether (sulfide) groups is 1. The fourth-order valence-corrected chi connectivity index (χ4v) is 4.61. The van der Waals surface area contributed by atoms with E-state index in [1.807, 2.05) is 30.3 Å². The Morgan fingerprint density at radius 1 is 1.00 bits per heavy atom. The molecule has 0 saturated carbocycles. The Morgan fingerprint density at radius 3 is 2.29 bits per heavy atom. The van der Waals surface area contributed by atoms with E-state index in [4.69, 9.17) is 27.9 Å². The Balaban J connectivity index is 1.60. The third-order valence-corrected chi connectivity index (χ3v) is 6.31. The maximum absolute atomic E-state index is 13.2. The molecule has 1 aromatic heterocycles. The highest BCUT2D eigenvalue weighted by Crippen LogP contribution is 2.34. The number of aromatic amines is 1. The highest BCUT2D eigenvalue weighted by Gasteiger charge is 2.24. The average Bonchev–Trinajstić information content (AvgIpc) is 2.82. The average molecular weight is 513 g/mol.